The van der Waals surface area contributed by atoms with Crippen molar-refractivity contribution in [2.45, 2.75) is 0 Å². The lowest BCUT2D eigenvalue weighted by Crippen LogP contribution is -2.04. The summed E-state index contributed by atoms with van der Waals surface area (Å²) in [6.07, 6.45) is 0. The van der Waals surface area contributed by atoms with E-state index in [0.717, 1.165) is 0 Å². The van der Waals surface area contributed by atoms with E-state index >= 15 is 0 Å². The molecule has 2 nitrogen and oxygen atoms in total. The van der Waals surface area contributed by atoms with Crippen LogP contribution >= 0.6 is 46.4 Å². The van der Waals surface area contributed by atoms with Gasteiger partial charge in [-0.1, -0.05) is 58.5 Å². The van der Waals surface area contributed by atoms with Crippen LogP contribution in [0, 0.1) is 0 Å². The zero-order chi connectivity index (χ0) is 14.2. The van der Waals surface area contributed by atoms with Gasteiger partial charge in [-0.3, -0.25) is 4.79 Å². The summed E-state index contributed by atoms with van der Waals surface area (Å²) in [6, 6.07) is 7.89. The molecular weight excluding hydrogens is 328 g/mol. The average molecular weight is 335 g/mol. The Labute approximate surface area is 130 Å². The number of hydrogen-bond donors (Lipinski definition) is 1. The third-order valence-electron chi connectivity index (χ3n) is 2.49. The molecule has 2 rings (SSSR count). The Hall–Kier alpha value is -0.930. The molecular formula is C13H7Cl4NO. The minimum Gasteiger partial charge on any atom is -0.399 e. The summed E-state index contributed by atoms with van der Waals surface area (Å²) in [7, 11) is 0. The highest BCUT2D eigenvalue weighted by Gasteiger charge is 2.21. The van der Waals surface area contributed by atoms with E-state index in [9.17, 15) is 4.79 Å². The molecule has 2 aromatic carbocycles. The molecule has 0 aliphatic heterocycles. The molecule has 0 radical (unpaired) electrons. The first-order valence-corrected chi connectivity index (χ1v) is 6.66. The maximum atomic E-state index is 12.4. The third-order valence-corrected chi connectivity index (χ3v) is 4.05. The lowest BCUT2D eigenvalue weighted by molar-refractivity contribution is 0.103. The van der Waals surface area contributed by atoms with Gasteiger partial charge < -0.3 is 5.73 Å². The molecule has 98 valence electrons. The molecule has 6 heteroatoms. The summed E-state index contributed by atoms with van der Waals surface area (Å²) in [4.78, 5) is 12.4. The van der Waals surface area contributed by atoms with Gasteiger partial charge in [-0.25, -0.2) is 0 Å². The first-order chi connectivity index (χ1) is 8.91. The summed E-state index contributed by atoms with van der Waals surface area (Å²) >= 11 is 23.8. The van der Waals surface area contributed by atoms with Crippen LogP contribution in [0.5, 0.6) is 0 Å². The van der Waals surface area contributed by atoms with Crippen molar-refractivity contribution >= 4 is 57.9 Å². The molecule has 0 amide bonds. The second-order valence-electron chi connectivity index (χ2n) is 3.80. The van der Waals surface area contributed by atoms with Crippen LogP contribution in [-0.2, 0) is 0 Å². The lowest BCUT2D eigenvalue weighted by Gasteiger charge is -2.09. The van der Waals surface area contributed by atoms with Gasteiger partial charge in [0, 0.05) is 11.3 Å². The molecule has 0 saturated carbocycles. The van der Waals surface area contributed by atoms with E-state index in [1.165, 1.54) is 12.1 Å². The predicted molar refractivity (Wildman–Crippen MR) is 80.8 cm³/mol. The largest absolute Gasteiger partial charge is 0.399 e. The van der Waals surface area contributed by atoms with E-state index in [0.29, 0.717) is 11.3 Å². The smallest absolute Gasteiger partial charge is 0.196 e. The molecule has 0 aliphatic carbocycles. The molecule has 0 unspecified atom stereocenters. The van der Waals surface area contributed by atoms with E-state index < -0.39 is 0 Å². The van der Waals surface area contributed by atoms with E-state index in [1.54, 1.807) is 18.2 Å². The van der Waals surface area contributed by atoms with Crippen molar-refractivity contribution in [1.29, 1.82) is 0 Å². The highest BCUT2D eigenvalue weighted by molar-refractivity contribution is 6.51. The van der Waals surface area contributed by atoms with Crippen molar-refractivity contribution in [3.8, 4) is 0 Å². The zero-order valence-electron chi connectivity index (χ0n) is 9.38. The minimum absolute atomic E-state index is 0.0339. The quantitative estimate of drug-likeness (QED) is 0.359. The van der Waals surface area contributed by atoms with Crippen molar-refractivity contribution in [2.75, 3.05) is 5.73 Å². The van der Waals surface area contributed by atoms with Gasteiger partial charge in [-0.15, -0.1) is 0 Å². The van der Waals surface area contributed by atoms with Crippen LogP contribution in [0.3, 0.4) is 0 Å². The maximum Gasteiger partial charge on any atom is 0.196 e. The first kappa shape index (κ1) is 14.5. The van der Waals surface area contributed by atoms with Crippen LogP contribution in [0.2, 0.25) is 20.1 Å². The number of hydrogen-bond acceptors (Lipinski definition) is 2. The number of carbonyl (C=O) groups excluding carboxylic acids is 1. The van der Waals surface area contributed by atoms with E-state index in [-0.39, 0.29) is 31.4 Å². The molecule has 2 aromatic rings. The number of rotatable bonds is 2. The van der Waals surface area contributed by atoms with E-state index in [1.807, 2.05) is 0 Å². The lowest BCUT2D eigenvalue weighted by atomic mass is 10.0. The highest BCUT2D eigenvalue weighted by Crippen LogP contribution is 2.38. The Kier molecular flexibility index (Phi) is 4.26. The Morgan fingerprint density at radius 1 is 0.947 bits per heavy atom. The average Bonchev–Trinajstić information content (AvgIpc) is 2.36. The fourth-order valence-corrected chi connectivity index (χ4v) is 2.68. The number of carbonyl (C=O) groups is 1. The number of nitrogens with two attached hydrogens (primary N) is 1. The summed E-state index contributed by atoms with van der Waals surface area (Å²) in [6.45, 7) is 0. The van der Waals surface area contributed by atoms with E-state index in [4.69, 9.17) is 52.1 Å². The summed E-state index contributed by atoms with van der Waals surface area (Å²) in [5.41, 5.74) is 6.60. The molecule has 0 aromatic heterocycles. The molecule has 0 bridgehead atoms. The number of ketones is 1. The van der Waals surface area contributed by atoms with Crippen LogP contribution in [0.4, 0.5) is 5.69 Å². The van der Waals surface area contributed by atoms with Gasteiger partial charge in [0.05, 0.1) is 25.7 Å². The number of anilines is 1. The van der Waals surface area contributed by atoms with Crippen LogP contribution in [0.15, 0.2) is 30.3 Å². The molecule has 0 saturated heterocycles. The molecule has 0 atom stereocenters. The maximum absolute atomic E-state index is 12.4. The molecule has 2 N–H and O–H groups in total. The Bertz CT molecular complexity index is 670. The monoisotopic (exact) mass is 333 g/mol. The highest BCUT2D eigenvalue weighted by atomic mass is 35.5. The van der Waals surface area contributed by atoms with Gasteiger partial charge in [0.25, 0.3) is 0 Å². The molecule has 0 spiro atoms. The topological polar surface area (TPSA) is 43.1 Å². The van der Waals surface area contributed by atoms with Crippen molar-refractivity contribution in [2.24, 2.45) is 0 Å². The van der Waals surface area contributed by atoms with Crippen LogP contribution in [0.25, 0.3) is 0 Å². The fraction of sp³-hybridized carbons (Fsp3) is 0. The van der Waals surface area contributed by atoms with Crippen LogP contribution in [0.1, 0.15) is 15.9 Å². The standard InChI is InChI=1S/C13H7Cl4NO/c14-8-5-9(15)11(16)12(17)10(8)13(19)6-2-1-3-7(18)4-6/h1-5H,18H2. The Morgan fingerprint density at radius 2 is 1.63 bits per heavy atom. The minimum atomic E-state index is -0.360. The van der Waals surface area contributed by atoms with Crippen LogP contribution < -0.4 is 5.73 Å². The second-order valence-corrected chi connectivity index (χ2v) is 5.37. The van der Waals surface area contributed by atoms with Crippen molar-refractivity contribution in [3.05, 3.63) is 61.5 Å². The summed E-state index contributed by atoms with van der Waals surface area (Å²) in [5.74, 6) is -0.360. The normalized spacial score (nSPS) is 10.5. The Morgan fingerprint density at radius 3 is 2.26 bits per heavy atom. The molecule has 0 fully saturated rings. The SMILES string of the molecule is Nc1cccc(C(=O)c2c(Cl)cc(Cl)c(Cl)c2Cl)c1. The molecule has 19 heavy (non-hydrogen) atoms. The van der Waals surface area contributed by atoms with E-state index in [2.05, 4.69) is 0 Å². The number of nitrogen functional groups attached to an aromatic ring is 1. The first-order valence-electron chi connectivity index (χ1n) is 5.15. The second kappa shape index (κ2) is 5.59. The van der Waals surface area contributed by atoms with Crippen molar-refractivity contribution < 1.29 is 4.79 Å². The number of benzene rings is 2. The summed E-state index contributed by atoms with van der Waals surface area (Å²) < 4.78 is 0. The Balaban J connectivity index is 2.60. The molecule has 0 heterocycles. The van der Waals surface area contributed by atoms with Gasteiger partial charge in [-0.05, 0) is 18.2 Å². The van der Waals surface area contributed by atoms with Gasteiger partial charge >= 0.3 is 0 Å². The van der Waals surface area contributed by atoms with Crippen molar-refractivity contribution in [1.82, 2.24) is 0 Å². The molecule has 0 aliphatic rings. The van der Waals surface area contributed by atoms with Crippen molar-refractivity contribution in [3.63, 3.8) is 0 Å². The van der Waals surface area contributed by atoms with Gasteiger partial charge in [0.2, 0.25) is 0 Å². The predicted octanol–water partition coefficient (Wildman–Crippen LogP) is 5.11. The fourth-order valence-electron chi connectivity index (χ4n) is 1.60. The van der Waals surface area contributed by atoms with Gasteiger partial charge in [0.1, 0.15) is 0 Å². The summed E-state index contributed by atoms with van der Waals surface area (Å²) in [5, 5.41) is 0.471. The van der Waals surface area contributed by atoms with Gasteiger partial charge in [0.15, 0.2) is 5.78 Å². The van der Waals surface area contributed by atoms with Gasteiger partial charge in [-0.2, -0.15) is 0 Å². The third kappa shape index (κ3) is 2.82. The zero-order valence-corrected chi connectivity index (χ0v) is 12.4. The number of halogens is 4. The van der Waals surface area contributed by atoms with Crippen LogP contribution in [-0.4, -0.2) is 5.78 Å².